The Morgan fingerprint density at radius 3 is 2.58 bits per heavy atom. The highest BCUT2D eigenvalue weighted by molar-refractivity contribution is 5.95. The Morgan fingerprint density at radius 1 is 1.23 bits per heavy atom. The zero-order chi connectivity index (χ0) is 19.0. The maximum Gasteiger partial charge on any atom is 0.308 e. The quantitative estimate of drug-likeness (QED) is 0.721. The monoisotopic (exact) mass is 357 g/mol. The zero-order valence-electron chi connectivity index (χ0n) is 14.8. The van der Waals surface area contributed by atoms with Gasteiger partial charge in [-0.15, -0.1) is 0 Å². The summed E-state index contributed by atoms with van der Waals surface area (Å²) in [5.41, 5.74) is 0.576. The van der Waals surface area contributed by atoms with Crippen molar-refractivity contribution >= 4 is 17.8 Å². The van der Waals surface area contributed by atoms with Gasteiger partial charge >= 0.3 is 5.97 Å². The van der Waals surface area contributed by atoms with Crippen molar-refractivity contribution in [2.24, 2.45) is 0 Å². The van der Waals surface area contributed by atoms with Crippen LogP contribution in [0.4, 0.5) is 0 Å². The van der Waals surface area contributed by atoms with E-state index in [-0.39, 0.29) is 18.9 Å². The summed E-state index contributed by atoms with van der Waals surface area (Å²) >= 11 is 0. The van der Waals surface area contributed by atoms with Crippen molar-refractivity contribution in [2.75, 3.05) is 13.2 Å². The molecule has 0 unspecified atom stereocenters. The molecular formula is C19H23N3O4. The van der Waals surface area contributed by atoms with Gasteiger partial charge in [-0.3, -0.25) is 14.4 Å². The number of benzene rings is 1. The SMILES string of the molecule is Cc1ccccc1C(=O)NCCC(=O)OCC(=O)NC1(C#N)CCCC1. The van der Waals surface area contributed by atoms with Gasteiger partial charge < -0.3 is 15.4 Å². The summed E-state index contributed by atoms with van der Waals surface area (Å²) in [6.45, 7) is 1.53. The van der Waals surface area contributed by atoms with Crippen LogP contribution in [0, 0.1) is 18.3 Å². The van der Waals surface area contributed by atoms with E-state index in [0.717, 1.165) is 18.4 Å². The normalized spacial score (nSPS) is 14.9. The van der Waals surface area contributed by atoms with Crippen LogP contribution in [0.15, 0.2) is 24.3 Å². The zero-order valence-corrected chi connectivity index (χ0v) is 14.8. The van der Waals surface area contributed by atoms with Crippen LogP contribution in [-0.4, -0.2) is 36.5 Å². The summed E-state index contributed by atoms with van der Waals surface area (Å²) < 4.78 is 4.90. The smallest absolute Gasteiger partial charge is 0.308 e. The fourth-order valence-corrected chi connectivity index (χ4v) is 2.97. The Hall–Kier alpha value is -2.88. The van der Waals surface area contributed by atoms with Crippen LogP contribution in [0.5, 0.6) is 0 Å². The molecule has 0 spiro atoms. The number of hydrogen-bond donors (Lipinski definition) is 2. The molecule has 1 saturated carbocycles. The van der Waals surface area contributed by atoms with E-state index in [4.69, 9.17) is 4.74 Å². The first kappa shape index (κ1) is 19.4. The van der Waals surface area contributed by atoms with Crippen LogP contribution in [0.2, 0.25) is 0 Å². The molecular weight excluding hydrogens is 334 g/mol. The fourth-order valence-electron chi connectivity index (χ4n) is 2.97. The van der Waals surface area contributed by atoms with Crippen molar-refractivity contribution < 1.29 is 19.1 Å². The van der Waals surface area contributed by atoms with Gasteiger partial charge in [0.05, 0.1) is 12.5 Å². The molecule has 1 aliphatic carbocycles. The molecule has 2 N–H and O–H groups in total. The van der Waals surface area contributed by atoms with E-state index in [9.17, 15) is 19.6 Å². The van der Waals surface area contributed by atoms with Crippen LogP contribution in [0.3, 0.4) is 0 Å². The highest BCUT2D eigenvalue weighted by Crippen LogP contribution is 2.28. The molecule has 0 saturated heterocycles. The summed E-state index contributed by atoms with van der Waals surface area (Å²) in [5.74, 6) is -1.32. The lowest BCUT2D eigenvalue weighted by molar-refractivity contribution is -0.148. The number of carbonyl (C=O) groups is 3. The van der Waals surface area contributed by atoms with Crippen LogP contribution in [0.25, 0.3) is 0 Å². The number of nitrogens with zero attached hydrogens (tertiary/aromatic N) is 1. The number of esters is 1. The molecule has 7 heteroatoms. The van der Waals surface area contributed by atoms with Crippen molar-refractivity contribution in [2.45, 2.75) is 44.6 Å². The van der Waals surface area contributed by atoms with Gasteiger partial charge in [-0.25, -0.2) is 0 Å². The Balaban J connectivity index is 1.67. The third-order valence-corrected chi connectivity index (χ3v) is 4.42. The molecule has 2 rings (SSSR count). The van der Waals surface area contributed by atoms with E-state index < -0.39 is 24.0 Å². The van der Waals surface area contributed by atoms with Gasteiger partial charge in [0, 0.05) is 12.1 Å². The highest BCUT2D eigenvalue weighted by atomic mass is 16.5. The molecule has 26 heavy (non-hydrogen) atoms. The van der Waals surface area contributed by atoms with Crippen LogP contribution in [-0.2, 0) is 14.3 Å². The molecule has 1 aromatic rings. The average Bonchev–Trinajstić information content (AvgIpc) is 3.09. The third-order valence-electron chi connectivity index (χ3n) is 4.42. The van der Waals surface area contributed by atoms with E-state index in [2.05, 4.69) is 16.7 Å². The minimum absolute atomic E-state index is 0.0334. The molecule has 138 valence electrons. The lowest BCUT2D eigenvalue weighted by atomic mass is 10.00. The number of nitriles is 1. The first-order valence-corrected chi connectivity index (χ1v) is 8.67. The number of rotatable bonds is 7. The largest absolute Gasteiger partial charge is 0.456 e. The van der Waals surface area contributed by atoms with Crippen LogP contribution < -0.4 is 10.6 Å². The van der Waals surface area contributed by atoms with E-state index in [1.54, 1.807) is 12.1 Å². The van der Waals surface area contributed by atoms with Gasteiger partial charge in [-0.1, -0.05) is 18.2 Å². The number of hydrogen-bond acceptors (Lipinski definition) is 5. The van der Waals surface area contributed by atoms with Gasteiger partial charge in [-0.05, 0) is 44.2 Å². The van der Waals surface area contributed by atoms with Crippen molar-refractivity contribution in [1.82, 2.24) is 10.6 Å². The second-order valence-corrected chi connectivity index (χ2v) is 6.43. The van der Waals surface area contributed by atoms with Crippen molar-refractivity contribution in [3.05, 3.63) is 35.4 Å². The molecule has 2 amide bonds. The Morgan fingerprint density at radius 2 is 1.92 bits per heavy atom. The Labute approximate surface area is 152 Å². The van der Waals surface area contributed by atoms with Gasteiger partial charge in [-0.2, -0.15) is 5.26 Å². The molecule has 0 aromatic heterocycles. The van der Waals surface area contributed by atoms with E-state index in [1.807, 2.05) is 19.1 Å². The standard InChI is InChI=1S/C19H23N3O4/c1-14-6-2-3-7-15(14)18(25)21-11-8-17(24)26-12-16(23)22-19(13-20)9-4-5-10-19/h2-3,6-7H,4-5,8-12H2,1H3,(H,21,25)(H,22,23). The van der Waals surface area contributed by atoms with E-state index in [0.29, 0.717) is 18.4 Å². The Bertz CT molecular complexity index is 718. The van der Waals surface area contributed by atoms with Gasteiger partial charge in [0.1, 0.15) is 5.54 Å². The van der Waals surface area contributed by atoms with Crippen molar-refractivity contribution in [3.8, 4) is 6.07 Å². The number of ether oxygens (including phenoxy) is 1. The van der Waals surface area contributed by atoms with Crippen LogP contribution >= 0.6 is 0 Å². The number of aryl methyl sites for hydroxylation is 1. The summed E-state index contributed by atoms with van der Waals surface area (Å²) in [7, 11) is 0. The molecule has 0 radical (unpaired) electrons. The minimum atomic E-state index is -0.828. The van der Waals surface area contributed by atoms with E-state index >= 15 is 0 Å². The first-order valence-electron chi connectivity index (χ1n) is 8.67. The maximum atomic E-state index is 12.0. The Kier molecular flexibility index (Phi) is 6.73. The predicted molar refractivity (Wildman–Crippen MR) is 94.0 cm³/mol. The molecule has 0 aliphatic heterocycles. The average molecular weight is 357 g/mol. The number of amides is 2. The number of nitrogens with one attached hydrogen (secondary N) is 2. The van der Waals surface area contributed by atoms with Gasteiger partial charge in [0.25, 0.3) is 11.8 Å². The van der Waals surface area contributed by atoms with E-state index in [1.165, 1.54) is 0 Å². The molecule has 1 fully saturated rings. The second-order valence-electron chi connectivity index (χ2n) is 6.43. The lowest BCUT2D eigenvalue weighted by Gasteiger charge is -2.21. The maximum absolute atomic E-state index is 12.0. The van der Waals surface area contributed by atoms with Gasteiger partial charge in [0.2, 0.25) is 0 Å². The molecule has 7 nitrogen and oxygen atoms in total. The summed E-state index contributed by atoms with van der Waals surface area (Å²) in [5, 5.41) is 14.5. The molecule has 0 bridgehead atoms. The minimum Gasteiger partial charge on any atom is -0.456 e. The summed E-state index contributed by atoms with van der Waals surface area (Å²) in [6.07, 6.45) is 3.00. The topological polar surface area (TPSA) is 108 Å². The van der Waals surface area contributed by atoms with Crippen LogP contribution in [0.1, 0.15) is 48.0 Å². The summed E-state index contributed by atoms with van der Waals surface area (Å²) in [4.78, 5) is 35.6. The van der Waals surface area contributed by atoms with Crippen molar-refractivity contribution in [1.29, 1.82) is 5.26 Å². The third kappa shape index (κ3) is 5.31. The number of carbonyl (C=O) groups excluding carboxylic acids is 3. The lowest BCUT2D eigenvalue weighted by Crippen LogP contribution is -2.46. The summed E-state index contributed by atoms with van der Waals surface area (Å²) in [6, 6.07) is 9.30. The highest BCUT2D eigenvalue weighted by Gasteiger charge is 2.35. The molecule has 1 aromatic carbocycles. The second kappa shape index (κ2) is 8.99. The fraction of sp³-hybridized carbons (Fsp3) is 0.474. The van der Waals surface area contributed by atoms with Crippen molar-refractivity contribution in [3.63, 3.8) is 0 Å². The molecule has 0 atom stereocenters. The predicted octanol–water partition coefficient (Wildman–Crippen LogP) is 1.61. The first-order chi connectivity index (χ1) is 12.5. The van der Waals surface area contributed by atoms with Gasteiger partial charge in [0.15, 0.2) is 6.61 Å². The molecule has 1 aliphatic rings. The molecule has 0 heterocycles.